The van der Waals surface area contributed by atoms with Gasteiger partial charge in [-0.2, -0.15) is 26.3 Å². The summed E-state index contributed by atoms with van der Waals surface area (Å²) < 4.78 is 81.0. The monoisotopic (exact) mass is 518 g/mol. The van der Waals surface area contributed by atoms with E-state index < -0.39 is 23.5 Å². The molecule has 1 aromatic heterocycles. The third kappa shape index (κ3) is 4.16. The lowest BCUT2D eigenvalue weighted by Crippen LogP contribution is -2.06. The van der Waals surface area contributed by atoms with Gasteiger partial charge >= 0.3 is 12.4 Å². The molecule has 0 amide bonds. The maximum absolute atomic E-state index is 13.5. The van der Waals surface area contributed by atoms with Gasteiger partial charge < -0.3 is 0 Å². The number of allylic oxidation sites excluding steroid dienone is 1. The summed E-state index contributed by atoms with van der Waals surface area (Å²) in [6, 6.07) is 16.9. The Balaban J connectivity index is 1.88. The molecular formula is C28H12F6N4. The average Bonchev–Trinajstić information content (AvgIpc) is 3.21. The number of hydrogen-bond acceptors (Lipinski definition) is 3. The Morgan fingerprint density at radius 3 is 1.66 bits per heavy atom. The zero-order chi connectivity index (χ0) is 27.2. The minimum atomic E-state index is -4.68. The average molecular weight is 518 g/mol. The van der Waals surface area contributed by atoms with Crippen LogP contribution >= 0.6 is 0 Å². The summed E-state index contributed by atoms with van der Waals surface area (Å²) in [6.45, 7) is 7.45. The van der Waals surface area contributed by atoms with E-state index in [-0.39, 0.29) is 45.2 Å². The molecular weight excluding hydrogens is 506 g/mol. The second-order valence-electron chi connectivity index (χ2n) is 8.27. The highest BCUT2D eigenvalue weighted by molar-refractivity contribution is 6.02. The highest BCUT2D eigenvalue weighted by atomic mass is 19.4. The van der Waals surface area contributed by atoms with Gasteiger partial charge in [-0.3, -0.25) is 0 Å². The van der Waals surface area contributed by atoms with Gasteiger partial charge in [-0.15, -0.1) is 0 Å². The minimum absolute atomic E-state index is 0.0110. The summed E-state index contributed by atoms with van der Waals surface area (Å²) in [4.78, 5) is 12.4. The van der Waals surface area contributed by atoms with Crippen LogP contribution in [0.3, 0.4) is 0 Å². The van der Waals surface area contributed by atoms with E-state index in [1.165, 1.54) is 18.2 Å². The number of nitrogens with zero attached hydrogens (tertiary/aromatic N) is 4. The van der Waals surface area contributed by atoms with Crippen molar-refractivity contribution in [2.75, 3.05) is 0 Å². The molecule has 1 aliphatic carbocycles. The summed E-state index contributed by atoms with van der Waals surface area (Å²) in [5.41, 5.74) is -1.10. The number of halogens is 6. The molecule has 38 heavy (non-hydrogen) atoms. The maximum Gasteiger partial charge on any atom is 0.416 e. The van der Waals surface area contributed by atoms with Gasteiger partial charge in [0.05, 0.1) is 46.5 Å². The van der Waals surface area contributed by atoms with Crippen LogP contribution in [0.5, 0.6) is 0 Å². The molecule has 0 bridgehead atoms. The quantitative estimate of drug-likeness (QED) is 0.135. The topological polar surface area (TPSA) is 53.9 Å². The van der Waals surface area contributed by atoms with Crippen molar-refractivity contribution in [2.24, 2.45) is 0 Å². The first-order valence-electron chi connectivity index (χ1n) is 10.9. The van der Waals surface area contributed by atoms with Gasteiger partial charge in [-0.1, -0.05) is 48.5 Å². The second kappa shape index (κ2) is 8.86. The number of fused-ring (bicyclic) bond motifs is 3. The first kappa shape index (κ1) is 24.7. The van der Waals surface area contributed by atoms with Crippen molar-refractivity contribution in [2.45, 2.75) is 12.4 Å². The predicted octanol–water partition coefficient (Wildman–Crippen LogP) is 8.03. The molecule has 0 aliphatic heterocycles. The summed E-state index contributed by atoms with van der Waals surface area (Å²) in [5.74, 6) is 0. The van der Waals surface area contributed by atoms with Crippen molar-refractivity contribution in [1.82, 2.24) is 9.97 Å². The van der Waals surface area contributed by atoms with Crippen LogP contribution in [0.4, 0.5) is 26.3 Å². The molecule has 1 heterocycles. The van der Waals surface area contributed by atoms with Gasteiger partial charge in [-0.05, 0) is 29.8 Å². The van der Waals surface area contributed by atoms with Crippen LogP contribution in [-0.2, 0) is 12.4 Å². The number of alkyl halides is 6. The summed E-state index contributed by atoms with van der Waals surface area (Å²) in [6.07, 6.45) is -9.35. The Morgan fingerprint density at radius 2 is 1.18 bits per heavy atom. The molecule has 186 valence electrons. The van der Waals surface area contributed by atoms with E-state index in [1.807, 2.05) is 6.07 Å². The highest BCUT2D eigenvalue weighted by Crippen LogP contribution is 2.47. The lowest BCUT2D eigenvalue weighted by Gasteiger charge is -2.15. The van der Waals surface area contributed by atoms with Crippen molar-refractivity contribution < 1.29 is 26.3 Å². The Kier molecular flexibility index (Phi) is 5.76. The van der Waals surface area contributed by atoms with E-state index in [4.69, 9.17) is 6.57 Å². The van der Waals surface area contributed by atoms with Gasteiger partial charge in [-0.25, -0.2) is 20.1 Å². The van der Waals surface area contributed by atoms with Crippen LogP contribution in [0.2, 0.25) is 0 Å². The zero-order valence-electron chi connectivity index (χ0n) is 19.0. The van der Waals surface area contributed by atoms with Crippen molar-refractivity contribution in [3.8, 4) is 39.8 Å². The van der Waals surface area contributed by atoms with Gasteiger partial charge in [0.1, 0.15) is 0 Å². The highest BCUT2D eigenvalue weighted by Gasteiger charge is 2.34. The maximum atomic E-state index is 13.5. The van der Waals surface area contributed by atoms with E-state index in [2.05, 4.69) is 14.8 Å². The largest absolute Gasteiger partial charge is 0.416 e. The third-order valence-electron chi connectivity index (χ3n) is 5.97. The summed E-state index contributed by atoms with van der Waals surface area (Å²) >= 11 is 0. The fourth-order valence-corrected chi connectivity index (χ4v) is 4.30. The predicted molar refractivity (Wildman–Crippen MR) is 127 cm³/mol. The third-order valence-corrected chi connectivity index (χ3v) is 5.97. The van der Waals surface area contributed by atoms with E-state index in [0.717, 1.165) is 30.3 Å². The normalized spacial score (nSPS) is 13.8. The smallest absolute Gasteiger partial charge is 0.244 e. The molecule has 4 aromatic rings. The molecule has 0 unspecified atom stereocenters. The van der Waals surface area contributed by atoms with E-state index in [1.54, 1.807) is 24.3 Å². The molecule has 0 atom stereocenters. The first-order valence-corrected chi connectivity index (χ1v) is 10.9. The molecule has 0 fully saturated rings. The lowest BCUT2D eigenvalue weighted by molar-refractivity contribution is -0.138. The van der Waals surface area contributed by atoms with Crippen LogP contribution in [0.1, 0.15) is 22.4 Å². The molecule has 0 spiro atoms. The van der Waals surface area contributed by atoms with Gasteiger partial charge in [0.2, 0.25) is 0 Å². The van der Waals surface area contributed by atoms with E-state index in [9.17, 15) is 31.6 Å². The van der Waals surface area contributed by atoms with Crippen molar-refractivity contribution in [1.29, 1.82) is 5.26 Å². The van der Waals surface area contributed by atoms with Crippen molar-refractivity contribution in [3.63, 3.8) is 0 Å². The summed E-state index contributed by atoms with van der Waals surface area (Å²) in [5, 5.41) is 9.59. The standard InChI is InChI=1S/C28H12F6N4/c1-36-21(14-35)22-19-10-2-3-11-20(19)25-26(22)38-24(16-7-5-9-18(13-16)28(32,33)34)23(37-25)15-6-4-8-17(12-15)27(29,30)31/h2-13H/b22-21+. The Labute approximate surface area is 212 Å². The number of aromatic nitrogens is 2. The zero-order valence-corrected chi connectivity index (χ0v) is 19.0. The number of rotatable bonds is 2. The van der Waals surface area contributed by atoms with Gasteiger partial charge in [0.15, 0.2) is 0 Å². The summed E-state index contributed by atoms with van der Waals surface area (Å²) in [7, 11) is 0. The Bertz CT molecular complexity index is 1700. The fourth-order valence-electron chi connectivity index (χ4n) is 4.30. The van der Waals surface area contributed by atoms with Crippen LogP contribution in [0, 0.1) is 17.9 Å². The van der Waals surface area contributed by atoms with Gasteiger partial charge in [0.25, 0.3) is 5.70 Å². The Morgan fingerprint density at radius 1 is 0.684 bits per heavy atom. The lowest BCUT2D eigenvalue weighted by atomic mass is 9.99. The second-order valence-corrected chi connectivity index (χ2v) is 8.27. The molecule has 0 radical (unpaired) electrons. The minimum Gasteiger partial charge on any atom is -0.244 e. The first-order chi connectivity index (χ1) is 18.0. The van der Waals surface area contributed by atoms with Crippen LogP contribution in [-0.4, -0.2) is 9.97 Å². The fraction of sp³-hybridized carbons (Fsp3) is 0.0714. The molecule has 10 heteroatoms. The number of nitriles is 1. The van der Waals surface area contributed by atoms with Crippen molar-refractivity contribution in [3.05, 3.63) is 112 Å². The SMILES string of the molecule is [C-]#[N+]/C(C#N)=C1\c2ccccc2-c2nc(-c3cccc(C(F)(F)F)c3)c(-c3cccc(C(F)(F)F)c3)nc21. The van der Waals surface area contributed by atoms with Crippen LogP contribution in [0.25, 0.3) is 44.2 Å². The molecule has 0 saturated carbocycles. The molecule has 0 N–H and O–H groups in total. The van der Waals surface area contributed by atoms with E-state index >= 15 is 0 Å². The van der Waals surface area contributed by atoms with Crippen LogP contribution in [0.15, 0.2) is 78.5 Å². The molecule has 0 saturated heterocycles. The number of hydrogen-bond donors (Lipinski definition) is 0. The molecule has 4 nitrogen and oxygen atoms in total. The molecule has 3 aromatic carbocycles. The molecule has 1 aliphatic rings. The van der Waals surface area contributed by atoms with E-state index in [0.29, 0.717) is 11.1 Å². The van der Waals surface area contributed by atoms with Gasteiger partial charge in [0, 0.05) is 22.3 Å². The molecule has 5 rings (SSSR count). The number of benzene rings is 3. The van der Waals surface area contributed by atoms with Crippen LogP contribution < -0.4 is 0 Å². The van der Waals surface area contributed by atoms with Crippen molar-refractivity contribution >= 4 is 5.57 Å². The Hall–Kier alpha value is -4.96.